The van der Waals surface area contributed by atoms with E-state index in [1.165, 1.54) is 37.7 Å². The maximum atomic E-state index is 12.0. The van der Waals surface area contributed by atoms with Gasteiger partial charge in [-0.25, -0.2) is 0 Å². The van der Waals surface area contributed by atoms with Gasteiger partial charge in [-0.05, 0) is 36.6 Å². The Bertz CT molecular complexity index is 431. The fraction of sp³-hybridized carbons (Fsp3) is 0.611. The van der Waals surface area contributed by atoms with E-state index in [1.807, 2.05) is 12.1 Å². The Hall–Kier alpha value is -0.830. The van der Waals surface area contributed by atoms with Crippen LogP contribution in [0.4, 0.5) is 5.69 Å². The molecule has 0 unspecified atom stereocenters. The fourth-order valence-corrected chi connectivity index (χ4v) is 2.84. The SMILES string of the molecule is CCCCCCCCCC(=O)Nc1ccc(Br)cc1CC. The van der Waals surface area contributed by atoms with E-state index < -0.39 is 0 Å². The molecule has 0 bridgehead atoms. The number of unbranched alkanes of at least 4 members (excludes halogenated alkanes) is 6. The van der Waals surface area contributed by atoms with Crippen LogP contribution in [0.25, 0.3) is 0 Å². The molecule has 0 atom stereocenters. The second kappa shape index (κ2) is 10.8. The van der Waals surface area contributed by atoms with E-state index in [0.717, 1.165) is 29.4 Å². The molecule has 118 valence electrons. The normalized spacial score (nSPS) is 10.6. The van der Waals surface area contributed by atoms with Crippen LogP contribution in [-0.4, -0.2) is 5.91 Å². The molecule has 3 heteroatoms. The van der Waals surface area contributed by atoms with E-state index in [0.29, 0.717) is 6.42 Å². The summed E-state index contributed by atoms with van der Waals surface area (Å²) < 4.78 is 1.06. The zero-order valence-corrected chi connectivity index (χ0v) is 15.0. The molecule has 0 saturated carbocycles. The second-order valence-electron chi connectivity index (χ2n) is 5.57. The van der Waals surface area contributed by atoms with Gasteiger partial charge in [0, 0.05) is 16.6 Å². The average molecular weight is 354 g/mol. The summed E-state index contributed by atoms with van der Waals surface area (Å²) in [6.45, 7) is 4.34. The smallest absolute Gasteiger partial charge is 0.224 e. The first-order valence-electron chi connectivity index (χ1n) is 8.25. The number of aryl methyl sites for hydroxylation is 1. The second-order valence-corrected chi connectivity index (χ2v) is 6.49. The summed E-state index contributed by atoms with van der Waals surface area (Å²) in [4.78, 5) is 12.0. The number of rotatable bonds is 10. The van der Waals surface area contributed by atoms with Crippen molar-refractivity contribution in [2.45, 2.75) is 71.6 Å². The highest BCUT2D eigenvalue weighted by Gasteiger charge is 2.06. The average Bonchev–Trinajstić information content (AvgIpc) is 2.48. The van der Waals surface area contributed by atoms with Crippen molar-refractivity contribution in [2.24, 2.45) is 0 Å². The molecule has 0 spiro atoms. The van der Waals surface area contributed by atoms with Crippen molar-refractivity contribution in [3.05, 3.63) is 28.2 Å². The summed E-state index contributed by atoms with van der Waals surface area (Å²) in [6.07, 6.45) is 10.2. The first-order chi connectivity index (χ1) is 10.2. The van der Waals surface area contributed by atoms with Crippen LogP contribution in [0, 0.1) is 0 Å². The fourth-order valence-electron chi connectivity index (χ4n) is 2.43. The van der Waals surface area contributed by atoms with Crippen molar-refractivity contribution in [1.82, 2.24) is 0 Å². The minimum Gasteiger partial charge on any atom is -0.326 e. The zero-order chi connectivity index (χ0) is 15.5. The molecule has 0 aromatic heterocycles. The summed E-state index contributed by atoms with van der Waals surface area (Å²) in [5.74, 6) is 0.139. The van der Waals surface area contributed by atoms with Gasteiger partial charge >= 0.3 is 0 Å². The van der Waals surface area contributed by atoms with Crippen LogP contribution in [0.15, 0.2) is 22.7 Å². The number of amides is 1. The van der Waals surface area contributed by atoms with E-state index in [-0.39, 0.29) is 5.91 Å². The highest BCUT2D eigenvalue weighted by atomic mass is 79.9. The minimum atomic E-state index is 0.139. The molecule has 1 rings (SSSR count). The number of hydrogen-bond acceptors (Lipinski definition) is 1. The Morgan fingerprint density at radius 3 is 2.38 bits per heavy atom. The van der Waals surface area contributed by atoms with Crippen molar-refractivity contribution in [2.75, 3.05) is 5.32 Å². The van der Waals surface area contributed by atoms with Crippen LogP contribution in [0.1, 0.15) is 70.8 Å². The van der Waals surface area contributed by atoms with E-state index in [9.17, 15) is 4.79 Å². The maximum Gasteiger partial charge on any atom is 0.224 e. The Kier molecular flexibility index (Phi) is 9.40. The number of carbonyl (C=O) groups is 1. The number of halogens is 1. The van der Waals surface area contributed by atoms with E-state index in [2.05, 4.69) is 41.2 Å². The van der Waals surface area contributed by atoms with Gasteiger partial charge in [-0.15, -0.1) is 0 Å². The van der Waals surface area contributed by atoms with Crippen molar-refractivity contribution in [1.29, 1.82) is 0 Å². The number of hydrogen-bond donors (Lipinski definition) is 1. The molecule has 1 amide bonds. The third kappa shape index (κ3) is 7.66. The van der Waals surface area contributed by atoms with Crippen LogP contribution in [0.5, 0.6) is 0 Å². The Morgan fingerprint density at radius 1 is 1.05 bits per heavy atom. The molecule has 0 aliphatic rings. The highest BCUT2D eigenvalue weighted by Crippen LogP contribution is 2.22. The van der Waals surface area contributed by atoms with E-state index in [1.54, 1.807) is 0 Å². The lowest BCUT2D eigenvalue weighted by molar-refractivity contribution is -0.116. The standard InChI is InChI=1S/C18H28BrNO/c1-3-5-6-7-8-9-10-11-18(21)20-17-13-12-16(19)14-15(17)4-2/h12-14H,3-11H2,1-2H3,(H,20,21). The molecule has 2 nitrogen and oxygen atoms in total. The predicted octanol–water partition coefficient (Wildman–Crippen LogP) is 6.09. The quantitative estimate of drug-likeness (QED) is 0.506. The third-order valence-corrected chi connectivity index (χ3v) is 4.22. The summed E-state index contributed by atoms with van der Waals surface area (Å²) in [6, 6.07) is 6.03. The number of anilines is 1. The van der Waals surface area contributed by atoms with E-state index in [4.69, 9.17) is 0 Å². The lowest BCUT2D eigenvalue weighted by Gasteiger charge is -2.10. The maximum absolute atomic E-state index is 12.0. The molecule has 0 saturated heterocycles. The number of carbonyl (C=O) groups excluding carboxylic acids is 1. The lowest BCUT2D eigenvalue weighted by Crippen LogP contribution is -2.12. The van der Waals surface area contributed by atoms with Gasteiger partial charge in [-0.3, -0.25) is 4.79 Å². The molecular formula is C18H28BrNO. The third-order valence-electron chi connectivity index (χ3n) is 3.73. The van der Waals surface area contributed by atoms with Crippen molar-refractivity contribution >= 4 is 27.5 Å². The molecule has 1 aromatic carbocycles. The van der Waals surface area contributed by atoms with Crippen LogP contribution in [0.2, 0.25) is 0 Å². The first-order valence-corrected chi connectivity index (χ1v) is 9.05. The van der Waals surface area contributed by atoms with Crippen LogP contribution < -0.4 is 5.32 Å². The largest absolute Gasteiger partial charge is 0.326 e. The predicted molar refractivity (Wildman–Crippen MR) is 94.8 cm³/mol. The van der Waals surface area contributed by atoms with Crippen LogP contribution in [0.3, 0.4) is 0 Å². The van der Waals surface area contributed by atoms with Gasteiger partial charge < -0.3 is 5.32 Å². The van der Waals surface area contributed by atoms with Gasteiger partial charge in [0.05, 0.1) is 0 Å². The van der Waals surface area contributed by atoms with Crippen molar-refractivity contribution in [3.8, 4) is 0 Å². The summed E-state index contributed by atoms with van der Waals surface area (Å²) in [5.41, 5.74) is 2.13. The van der Waals surface area contributed by atoms with Gasteiger partial charge in [0.15, 0.2) is 0 Å². The molecule has 21 heavy (non-hydrogen) atoms. The molecule has 1 N–H and O–H groups in total. The summed E-state index contributed by atoms with van der Waals surface area (Å²) in [7, 11) is 0. The highest BCUT2D eigenvalue weighted by molar-refractivity contribution is 9.10. The van der Waals surface area contributed by atoms with Crippen LogP contribution >= 0.6 is 15.9 Å². The molecule has 0 aliphatic heterocycles. The Labute approximate surface area is 137 Å². The molecular weight excluding hydrogens is 326 g/mol. The zero-order valence-electron chi connectivity index (χ0n) is 13.4. The molecule has 0 radical (unpaired) electrons. The molecule has 0 heterocycles. The topological polar surface area (TPSA) is 29.1 Å². The van der Waals surface area contributed by atoms with Gasteiger partial charge in [0.25, 0.3) is 0 Å². The molecule has 0 fully saturated rings. The van der Waals surface area contributed by atoms with Gasteiger partial charge in [-0.1, -0.05) is 68.3 Å². The van der Waals surface area contributed by atoms with Gasteiger partial charge in [0.1, 0.15) is 0 Å². The monoisotopic (exact) mass is 353 g/mol. The molecule has 0 aliphatic carbocycles. The van der Waals surface area contributed by atoms with Crippen molar-refractivity contribution < 1.29 is 4.79 Å². The Morgan fingerprint density at radius 2 is 1.71 bits per heavy atom. The lowest BCUT2D eigenvalue weighted by atomic mass is 10.1. The van der Waals surface area contributed by atoms with Gasteiger partial charge in [-0.2, -0.15) is 0 Å². The molecule has 1 aromatic rings. The van der Waals surface area contributed by atoms with E-state index >= 15 is 0 Å². The summed E-state index contributed by atoms with van der Waals surface area (Å²) >= 11 is 3.47. The minimum absolute atomic E-state index is 0.139. The number of nitrogens with one attached hydrogen (secondary N) is 1. The van der Waals surface area contributed by atoms with Crippen molar-refractivity contribution in [3.63, 3.8) is 0 Å². The number of benzene rings is 1. The van der Waals surface area contributed by atoms with Gasteiger partial charge in [0.2, 0.25) is 5.91 Å². The Balaban J connectivity index is 2.25. The first kappa shape index (κ1) is 18.2. The van der Waals surface area contributed by atoms with Crippen LogP contribution in [-0.2, 0) is 11.2 Å². The summed E-state index contributed by atoms with van der Waals surface area (Å²) in [5, 5.41) is 3.04.